The fraction of sp³-hybridized carbons (Fsp3) is 0.400. The van der Waals surface area contributed by atoms with Crippen molar-refractivity contribution in [2.24, 2.45) is 0 Å². The second-order valence-electron chi connectivity index (χ2n) is 4.89. The van der Waals surface area contributed by atoms with Gasteiger partial charge in [0, 0.05) is 12.1 Å². The lowest BCUT2D eigenvalue weighted by Crippen LogP contribution is -2.24. The Morgan fingerprint density at radius 1 is 1.33 bits per heavy atom. The number of benzene rings is 1. The second-order valence-corrected chi connectivity index (χ2v) is 4.89. The van der Waals surface area contributed by atoms with Gasteiger partial charge in [-0.2, -0.15) is 0 Å². The quantitative estimate of drug-likeness (QED) is 0.814. The largest absolute Gasteiger partial charge is 0.313 e. The first-order chi connectivity index (χ1) is 8.50. The molecule has 96 valence electrons. The van der Waals surface area contributed by atoms with Crippen molar-refractivity contribution < 1.29 is 9.18 Å². The Bertz CT molecular complexity index is 532. The maximum Gasteiger partial charge on any atom is 0.160 e. The van der Waals surface area contributed by atoms with E-state index in [-0.39, 0.29) is 11.6 Å². The Balaban J connectivity index is 2.62. The fourth-order valence-electron chi connectivity index (χ4n) is 2.40. The number of hydrogen-bond donors (Lipinski definition) is 1. The number of rotatable bonds is 2. The van der Waals surface area contributed by atoms with Crippen molar-refractivity contribution in [2.75, 3.05) is 13.1 Å². The summed E-state index contributed by atoms with van der Waals surface area (Å²) in [6.45, 7) is 7.03. The third-order valence-corrected chi connectivity index (χ3v) is 3.46. The molecule has 0 fully saturated rings. The molecule has 18 heavy (non-hydrogen) atoms. The first-order valence-electron chi connectivity index (χ1n) is 6.21. The van der Waals surface area contributed by atoms with Crippen LogP contribution in [0.2, 0.25) is 0 Å². The molecule has 3 heteroatoms. The number of halogens is 1. The van der Waals surface area contributed by atoms with Crippen molar-refractivity contribution in [1.29, 1.82) is 0 Å². The molecule has 1 aromatic rings. The van der Waals surface area contributed by atoms with Crippen molar-refractivity contribution in [1.82, 2.24) is 5.32 Å². The zero-order valence-corrected chi connectivity index (χ0v) is 11.1. The molecular formula is C15H18FNO. The van der Waals surface area contributed by atoms with Crippen LogP contribution in [0.25, 0.3) is 5.57 Å². The van der Waals surface area contributed by atoms with Crippen molar-refractivity contribution in [3.05, 3.63) is 40.2 Å². The smallest absolute Gasteiger partial charge is 0.160 e. The SMILES string of the molecule is CC(=O)c1cc(F)c(C)cc1C1=C(C)CNCC1. The van der Waals surface area contributed by atoms with Gasteiger partial charge >= 0.3 is 0 Å². The van der Waals surface area contributed by atoms with Crippen LogP contribution in [0.5, 0.6) is 0 Å². The molecule has 0 aromatic heterocycles. The van der Waals surface area contributed by atoms with Gasteiger partial charge in [0.25, 0.3) is 0 Å². The van der Waals surface area contributed by atoms with Gasteiger partial charge in [0.2, 0.25) is 0 Å². The lowest BCUT2D eigenvalue weighted by molar-refractivity contribution is 0.101. The summed E-state index contributed by atoms with van der Waals surface area (Å²) in [5, 5.41) is 3.29. The number of ketones is 1. The van der Waals surface area contributed by atoms with Gasteiger partial charge in [-0.25, -0.2) is 4.39 Å². The highest BCUT2D eigenvalue weighted by Gasteiger charge is 2.18. The molecule has 1 N–H and O–H groups in total. The Hall–Kier alpha value is -1.48. The molecular weight excluding hydrogens is 229 g/mol. The number of carbonyl (C=O) groups is 1. The van der Waals surface area contributed by atoms with E-state index < -0.39 is 0 Å². The van der Waals surface area contributed by atoms with Crippen molar-refractivity contribution >= 4 is 11.4 Å². The molecule has 0 saturated carbocycles. The number of hydrogen-bond acceptors (Lipinski definition) is 2. The van der Waals surface area contributed by atoms with Crippen LogP contribution in [0.4, 0.5) is 4.39 Å². The van der Waals surface area contributed by atoms with E-state index >= 15 is 0 Å². The molecule has 0 aliphatic carbocycles. The Labute approximate surface area is 107 Å². The van der Waals surface area contributed by atoms with E-state index in [0.717, 1.165) is 25.1 Å². The maximum absolute atomic E-state index is 13.6. The number of Topliss-reactive ketones (excluding diaryl/α,β-unsaturated/α-hetero) is 1. The lowest BCUT2D eigenvalue weighted by Gasteiger charge is -2.21. The molecule has 1 heterocycles. The zero-order valence-electron chi connectivity index (χ0n) is 11.1. The van der Waals surface area contributed by atoms with Crippen LogP contribution in [0, 0.1) is 12.7 Å². The summed E-state index contributed by atoms with van der Waals surface area (Å²) < 4.78 is 13.6. The second kappa shape index (κ2) is 5.02. The van der Waals surface area contributed by atoms with E-state index in [0.29, 0.717) is 11.1 Å². The third kappa shape index (κ3) is 2.36. The van der Waals surface area contributed by atoms with Crippen LogP contribution in [-0.2, 0) is 0 Å². The van der Waals surface area contributed by atoms with Crippen LogP contribution in [-0.4, -0.2) is 18.9 Å². The molecule has 0 amide bonds. The van der Waals surface area contributed by atoms with E-state index in [1.54, 1.807) is 13.0 Å². The summed E-state index contributed by atoms with van der Waals surface area (Å²) in [4.78, 5) is 11.7. The highest BCUT2D eigenvalue weighted by molar-refractivity contribution is 5.99. The summed E-state index contributed by atoms with van der Waals surface area (Å²) in [5.74, 6) is -0.390. The molecule has 0 saturated heterocycles. The first kappa shape index (κ1) is 13.0. The Morgan fingerprint density at radius 2 is 2.06 bits per heavy atom. The van der Waals surface area contributed by atoms with E-state index in [1.165, 1.54) is 24.1 Å². The molecule has 1 aliphatic heterocycles. The van der Waals surface area contributed by atoms with E-state index in [1.807, 2.05) is 0 Å². The van der Waals surface area contributed by atoms with Gasteiger partial charge in [-0.3, -0.25) is 4.79 Å². The van der Waals surface area contributed by atoms with Gasteiger partial charge in [-0.15, -0.1) is 0 Å². The first-order valence-corrected chi connectivity index (χ1v) is 6.21. The molecule has 0 unspecified atom stereocenters. The average Bonchev–Trinajstić information content (AvgIpc) is 2.32. The van der Waals surface area contributed by atoms with E-state index in [9.17, 15) is 9.18 Å². The summed E-state index contributed by atoms with van der Waals surface area (Å²) in [7, 11) is 0. The molecule has 0 atom stereocenters. The summed E-state index contributed by atoms with van der Waals surface area (Å²) in [6, 6.07) is 3.17. The monoisotopic (exact) mass is 247 g/mol. The van der Waals surface area contributed by atoms with Crippen LogP contribution >= 0.6 is 0 Å². The number of aryl methyl sites for hydroxylation is 1. The van der Waals surface area contributed by atoms with Crippen LogP contribution in [0.15, 0.2) is 17.7 Å². The van der Waals surface area contributed by atoms with Gasteiger partial charge in [0.15, 0.2) is 5.78 Å². The summed E-state index contributed by atoms with van der Waals surface area (Å²) in [6.07, 6.45) is 0.886. The minimum atomic E-state index is -0.309. The average molecular weight is 247 g/mol. The standard InChI is InChI=1S/C15H18FNO/c1-9-6-14(12-4-5-17-8-10(12)2)13(11(3)18)7-15(9)16/h6-7,17H,4-5,8H2,1-3H3. The van der Waals surface area contributed by atoms with E-state index in [2.05, 4.69) is 12.2 Å². The molecule has 2 nitrogen and oxygen atoms in total. The van der Waals surface area contributed by atoms with Crippen LogP contribution in [0.1, 0.15) is 41.8 Å². The van der Waals surface area contributed by atoms with Gasteiger partial charge < -0.3 is 5.32 Å². The molecule has 0 spiro atoms. The van der Waals surface area contributed by atoms with Crippen LogP contribution in [0.3, 0.4) is 0 Å². The number of carbonyl (C=O) groups excluding carboxylic acids is 1. The maximum atomic E-state index is 13.6. The van der Waals surface area contributed by atoms with Gasteiger partial charge in [-0.1, -0.05) is 5.57 Å². The molecule has 2 rings (SSSR count). The van der Waals surface area contributed by atoms with Gasteiger partial charge in [-0.05, 0) is 62.6 Å². The fourth-order valence-corrected chi connectivity index (χ4v) is 2.40. The Kier molecular flexibility index (Phi) is 3.62. The summed E-state index contributed by atoms with van der Waals surface area (Å²) >= 11 is 0. The topological polar surface area (TPSA) is 29.1 Å². The summed E-state index contributed by atoms with van der Waals surface area (Å²) in [5.41, 5.74) is 4.40. The molecule has 1 aliphatic rings. The zero-order chi connectivity index (χ0) is 13.3. The highest BCUT2D eigenvalue weighted by atomic mass is 19.1. The number of nitrogens with one attached hydrogen (secondary N) is 1. The molecule has 1 aromatic carbocycles. The van der Waals surface area contributed by atoms with Gasteiger partial charge in [0.1, 0.15) is 5.82 Å². The normalized spacial score (nSPS) is 16.0. The highest BCUT2D eigenvalue weighted by Crippen LogP contribution is 2.29. The predicted octanol–water partition coefficient (Wildman–Crippen LogP) is 3.10. The Morgan fingerprint density at radius 3 is 2.67 bits per heavy atom. The minimum Gasteiger partial charge on any atom is -0.313 e. The van der Waals surface area contributed by atoms with Crippen molar-refractivity contribution in [3.63, 3.8) is 0 Å². The van der Waals surface area contributed by atoms with Crippen molar-refractivity contribution in [2.45, 2.75) is 27.2 Å². The minimum absolute atomic E-state index is 0.0808. The van der Waals surface area contributed by atoms with Crippen molar-refractivity contribution in [3.8, 4) is 0 Å². The van der Waals surface area contributed by atoms with E-state index in [4.69, 9.17) is 0 Å². The molecule has 0 bridgehead atoms. The molecule has 0 radical (unpaired) electrons. The third-order valence-electron chi connectivity index (χ3n) is 3.46. The predicted molar refractivity (Wildman–Crippen MR) is 71.2 cm³/mol. The lowest BCUT2D eigenvalue weighted by atomic mass is 9.89. The van der Waals surface area contributed by atoms with Crippen LogP contribution < -0.4 is 5.32 Å². The van der Waals surface area contributed by atoms with Gasteiger partial charge in [0.05, 0.1) is 0 Å².